The zero-order chi connectivity index (χ0) is 17.6. The van der Waals surface area contributed by atoms with Crippen LogP contribution in [-0.4, -0.2) is 37.5 Å². The highest BCUT2D eigenvalue weighted by molar-refractivity contribution is 7.89. The lowest BCUT2D eigenvalue weighted by atomic mass is 10.2. The molecular weight excluding hydrogens is 371 g/mol. The summed E-state index contributed by atoms with van der Waals surface area (Å²) in [5, 5.41) is 3.53. The number of sulfonamides is 1. The molecule has 0 spiro atoms. The Kier molecular flexibility index (Phi) is 7.34. The number of rotatable bonds is 7. The minimum absolute atomic E-state index is 0.104. The third-order valence-corrected chi connectivity index (χ3v) is 6.66. The predicted octanol–water partition coefficient (Wildman–Crippen LogP) is 3.92. The van der Waals surface area contributed by atoms with E-state index < -0.39 is 10.0 Å². The molecule has 1 amide bonds. The highest BCUT2D eigenvalue weighted by Crippen LogP contribution is 2.25. The van der Waals surface area contributed by atoms with Crippen LogP contribution in [-0.2, 0) is 14.8 Å². The lowest BCUT2D eigenvalue weighted by Gasteiger charge is -2.25. The molecular formula is C16H22Cl2N2O3S. The number of nitrogens with one attached hydrogen (secondary N) is 1. The molecule has 1 aliphatic rings. The first-order valence-corrected chi connectivity index (χ1v) is 10.5. The molecule has 24 heavy (non-hydrogen) atoms. The van der Waals surface area contributed by atoms with Gasteiger partial charge in [0.15, 0.2) is 0 Å². The van der Waals surface area contributed by atoms with Crippen LogP contribution in [0.5, 0.6) is 0 Å². The molecule has 0 radical (unpaired) electrons. The molecule has 0 bridgehead atoms. The normalized spacial score (nSPS) is 16.1. The van der Waals surface area contributed by atoms with Crippen molar-refractivity contribution in [3.05, 3.63) is 28.2 Å². The summed E-state index contributed by atoms with van der Waals surface area (Å²) >= 11 is 11.7. The Bertz CT molecular complexity index is 674. The van der Waals surface area contributed by atoms with Gasteiger partial charge in [0.2, 0.25) is 15.9 Å². The van der Waals surface area contributed by atoms with Crippen molar-refractivity contribution in [3.63, 3.8) is 0 Å². The highest BCUT2D eigenvalue weighted by atomic mass is 35.5. The van der Waals surface area contributed by atoms with Gasteiger partial charge in [-0.1, -0.05) is 29.6 Å². The molecule has 1 N–H and O–H groups in total. The number of hydrogen-bond donors (Lipinski definition) is 1. The Morgan fingerprint density at radius 1 is 1.08 bits per heavy atom. The topological polar surface area (TPSA) is 66.5 Å². The van der Waals surface area contributed by atoms with E-state index in [0.717, 1.165) is 19.3 Å². The van der Waals surface area contributed by atoms with Gasteiger partial charge >= 0.3 is 0 Å². The fourth-order valence-electron chi connectivity index (χ4n) is 2.64. The number of piperidine rings is 1. The third-order valence-electron chi connectivity index (χ3n) is 3.97. The molecule has 8 heteroatoms. The van der Waals surface area contributed by atoms with Crippen molar-refractivity contribution in [2.45, 2.75) is 38.5 Å². The van der Waals surface area contributed by atoms with E-state index >= 15 is 0 Å². The standard InChI is InChI=1S/C16H22Cl2N2O3S/c17-14-8-7-13(12-15(14)18)19-16(21)6-2-5-11-24(22,23)20-9-3-1-4-10-20/h7-8,12H,1-6,9-11H2,(H,19,21). The van der Waals surface area contributed by atoms with Gasteiger partial charge in [-0.25, -0.2) is 12.7 Å². The Morgan fingerprint density at radius 3 is 2.46 bits per heavy atom. The predicted molar refractivity (Wildman–Crippen MR) is 98.2 cm³/mol. The number of anilines is 1. The summed E-state index contributed by atoms with van der Waals surface area (Å²) in [4.78, 5) is 11.9. The second kappa shape index (κ2) is 9.04. The first-order valence-electron chi connectivity index (χ1n) is 8.11. The van der Waals surface area contributed by atoms with E-state index in [1.807, 2.05) is 0 Å². The molecule has 1 aromatic carbocycles. The summed E-state index contributed by atoms with van der Waals surface area (Å²) in [6.07, 6.45) is 4.25. The van der Waals surface area contributed by atoms with Crippen LogP contribution in [0.15, 0.2) is 18.2 Å². The van der Waals surface area contributed by atoms with E-state index in [-0.39, 0.29) is 18.1 Å². The molecule has 0 saturated carbocycles. The maximum Gasteiger partial charge on any atom is 0.224 e. The van der Waals surface area contributed by atoms with Crippen molar-refractivity contribution >= 4 is 44.8 Å². The van der Waals surface area contributed by atoms with E-state index in [1.54, 1.807) is 22.5 Å². The van der Waals surface area contributed by atoms with Crippen molar-refractivity contribution in [2.75, 3.05) is 24.2 Å². The van der Waals surface area contributed by atoms with Crippen molar-refractivity contribution in [1.82, 2.24) is 4.31 Å². The number of amides is 1. The first-order chi connectivity index (χ1) is 11.4. The van der Waals surface area contributed by atoms with Gasteiger partial charge in [-0.15, -0.1) is 0 Å². The highest BCUT2D eigenvalue weighted by Gasteiger charge is 2.23. The zero-order valence-electron chi connectivity index (χ0n) is 13.4. The molecule has 5 nitrogen and oxygen atoms in total. The molecule has 0 unspecified atom stereocenters. The monoisotopic (exact) mass is 392 g/mol. The summed E-state index contributed by atoms with van der Waals surface area (Å²) in [7, 11) is -3.18. The van der Waals surface area contributed by atoms with Gasteiger partial charge in [0, 0.05) is 25.2 Å². The van der Waals surface area contributed by atoms with Crippen LogP contribution < -0.4 is 5.32 Å². The summed E-state index contributed by atoms with van der Waals surface area (Å²) in [6.45, 7) is 1.25. The molecule has 1 aliphatic heterocycles. The van der Waals surface area contributed by atoms with Crippen LogP contribution in [0.1, 0.15) is 38.5 Å². The van der Waals surface area contributed by atoms with Gasteiger partial charge in [-0.2, -0.15) is 0 Å². The quantitative estimate of drug-likeness (QED) is 0.714. The van der Waals surface area contributed by atoms with Crippen LogP contribution in [0.2, 0.25) is 10.0 Å². The maximum absolute atomic E-state index is 12.2. The SMILES string of the molecule is O=C(CCCCS(=O)(=O)N1CCCCC1)Nc1ccc(Cl)c(Cl)c1. The molecule has 0 aliphatic carbocycles. The van der Waals surface area contributed by atoms with Crippen LogP contribution in [0.4, 0.5) is 5.69 Å². The number of carbonyl (C=O) groups excluding carboxylic acids is 1. The fourth-order valence-corrected chi connectivity index (χ4v) is 4.58. The van der Waals surface area contributed by atoms with Gasteiger partial charge in [0.1, 0.15) is 0 Å². The molecule has 134 valence electrons. The maximum atomic E-state index is 12.2. The van der Waals surface area contributed by atoms with Crippen molar-refractivity contribution in [2.24, 2.45) is 0 Å². The Balaban J connectivity index is 1.71. The number of unbranched alkanes of at least 4 members (excludes halogenated alkanes) is 1. The molecule has 1 saturated heterocycles. The van der Waals surface area contributed by atoms with E-state index in [4.69, 9.17) is 23.2 Å². The van der Waals surface area contributed by atoms with E-state index in [2.05, 4.69) is 5.32 Å². The van der Waals surface area contributed by atoms with Crippen molar-refractivity contribution in [1.29, 1.82) is 0 Å². The van der Waals surface area contributed by atoms with Crippen LogP contribution in [0, 0.1) is 0 Å². The lowest BCUT2D eigenvalue weighted by Crippen LogP contribution is -2.37. The van der Waals surface area contributed by atoms with Gasteiger partial charge in [0.05, 0.1) is 15.8 Å². The number of carbonyl (C=O) groups is 1. The average Bonchev–Trinajstić information content (AvgIpc) is 2.56. The summed E-state index contributed by atoms with van der Waals surface area (Å²) in [6, 6.07) is 4.88. The summed E-state index contributed by atoms with van der Waals surface area (Å²) in [5.41, 5.74) is 0.579. The number of halogens is 2. The Morgan fingerprint density at radius 2 is 1.79 bits per heavy atom. The first kappa shape index (κ1) is 19.5. The van der Waals surface area contributed by atoms with E-state index in [9.17, 15) is 13.2 Å². The minimum Gasteiger partial charge on any atom is -0.326 e. The van der Waals surface area contributed by atoms with Crippen molar-refractivity contribution < 1.29 is 13.2 Å². The van der Waals surface area contributed by atoms with Crippen LogP contribution >= 0.6 is 23.2 Å². The Labute approximate surface area is 153 Å². The molecule has 0 aromatic heterocycles. The Hall–Kier alpha value is -0.820. The largest absolute Gasteiger partial charge is 0.326 e. The average molecular weight is 393 g/mol. The molecule has 1 fully saturated rings. The van der Waals surface area contributed by atoms with E-state index in [0.29, 0.717) is 41.7 Å². The lowest BCUT2D eigenvalue weighted by molar-refractivity contribution is -0.116. The second-order valence-electron chi connectivity index (χ2n) is 5.91. The van der Waals surface area contributed by atoms with Gasteiger partial charge in [0.25, 0.3) is 0 Å². The number of nitrogens with zero attached hydrogens (tertiary/aromatic N) is 1. The van der Waals surface area contributed by atoms with Crippen LogP contribution in [0.25, 0.3) is 0 Å². The zero-order valence-corrected chi connectivity index (χ0v) is 15.8. The van der Waals surface area contributed by atoms with Gasteiger partial charge in [-0.3, -0.25) is 4.79 Å². The van der Waals surface area contributed by atoms with Gasteiger partial charge in [-0.05, 0) is 43.9 Å². The fraction of sp³-hybridized carbons (Fsp3) is 0.562. The van der Waals surface area contributed by atoms with Gasteiger partial charge < -0.3 is 5.32 Å². The molecule has 1 heterocycles. The number of hydrogen-bond acceptors (Lipinski definition) is 3. The van der Waals surface area contributed by atoms with E-state index in [1.165, 1.54) is 0 Å². The molecule has 1 aromatic rings. The van der Waals surface area contributed by atoms with Crippen LogP contribution in [0.3, 0.4) is 0 Å². The van der Waals surface area contributed by atoms with Crippen molar-refractivity contribution in [3.8, 4) is 0 Å². The third kappa shape index (κ3) is 5.92. The number of benzene rings is 1. The summed E-state index contributed by atoms with van der Waals surface area (Å²) < 4.78 is 26.0. The molecule has 0 atom stereocenters. The smallest absolute Gasteiger partial charge is 0.224 e. The minimum atomic E-state index is -3.18. The molecule has 2 rings (SSSR count). The summed E-state index contributed by atoms with van der Waals surface area (Å²) in [5.74, 6) is -0.0590. The second-order valence-corrected chi connectivity index (χ2v) is 8.81.